The van der Waals surface area contributed by atoms with Crippen molar-refractivity contribution in [3.8, 4) is 17.0 Å². The van der Waals surface area contributed by atoms with E-state index in [0.29, 0.717) is 5.16 Å². The third kappa shape index (κ3) is 2.84. The number of methoxy groups -OCH3 is 1. The van der Waals surface area contributed by atoms with E-state index in [-0.39, 0.29) is 5.75 Å². The molecule has 1 heterocycles. The molecule has 18 heavy (non-hydrogen) atoms. The van der Waals surface area contributed by atoms with Crippen LogP contribution < -0.4 is 4.74 Å². The predicted molar refractivity (Wildman–Crippen MR) is 68.9 cm³/mol. The number of nitrogens with one attached hydrogen (secondary N) is 1. The van der Waals surface area contributed by atoms with Crippen LogP contribution in [0.15, 0.2) is 35.6 Å². The molecule has 0 bridgehead atoms. The van der Waals surface area contributed by atoms with E-state index in [1.54, 1.807) is 13.3 Å². The van der Waals surface area contributed by atoms with E-state index >= 15 is 0 Å². The van der Waals surface area contributed by atoms with Crippen LogP contribution in [-0.2, 0) is 4.79 Å². The van der Waals surface area contributed by atoms with Crippen LogP contribution in [0.1, 0.15) is 0 Å². The van der Waals surface area contributed by atoms with Crippen molar-refractivity contribution in [3.63, 3.8) is 0 Å². The molecule has 0 saturated heterocycles. The second-order valence-electron chi connectivity index (χ2n) is 3.48. The summed E-state index contributed by atoms with van der Waals surface area (Å²) >= 11 is 1.15. The molecule has 0 radical (unpaired) electrons. The Morgan fingerprint density at radius 1 is 1.50 bits per heavy atom. The lowest BCUT2D eigenvalue weighted by Crippen LogP contribution is -1.97. The van der Waals surface area contributed by atoms with E-state index in [1.165, 1.54) is 0 Å². The van der Waals surface area contributed by atoms with E-state index in [9.17, 15) is 4.79 Å². The van der Waals surface area contributed by atoms with E-state index < -0.39 is 5.97 Å². The second kappa shape index (κ2) is 5.59. The first-order valence-corrected chi connectivity index (χ1v) is 6.22. The molecule has 2 aromatic rings. The van der Waals surface area contributed by atoms with Gasteiger partial charge in [-0.05, 0) is 12.1 Å². The summed E-state index contributed by atoms with van der Waals surface area (Å²) in [7, 11) is 1.61. The molecule has 0 aliphatic heterocycles. The minimum Gasteiger partial charge on any atom is -0.496 e. The Morgan fingerprint density at radius 3 is 3.00 bits per heavy atom. The number of aromatic amines is 1. The van der Waals surface area contributed by atoms with Crippen molar-refractivity contribution in [1.82, 2.24) is 9.97 Å². The van der Waals surface area contributed by atoms with Gasteiger partial charge in [0.1, 0.15) is 5.75 Å². The molecule has 0 amide bonds. The van der Waals surface area contributed by atoms with Gasteiger partial charge in [-0.2, -0.15) is 0 Å². The molecule has 94 valence electrons. The average Bonchev–Trinajstić information content (AvgIpc) is 2.85. The second-order valence-corrected chi connectivity index (χ2v) is 4.45. The Labute approximate surface area is 108 Å². The molecule has 2 N–H and O–H groups in total. The molecule has 0 spiro atoms. The number of imidazole rings is 1. The van der Waals surface area contributed by atoms with Crippen LogP contribution in [0.2, 0.25) is 0 Å². The molecule has 0 fully saturated rings. The van der Waals surface area contributed by atoms with Crippen LogP contribution in [-0.4, -0.2) is 33.9 Å². The SMILES string of the molecule is COc1ccccc1-c1cnc(SCC(=O)O)[nH]1. The Kier molecular flexibility index (Phi) is 3.88. The largest absolute Gasteiger partial charge is 0.496 e. The summed E-state index contributed by atoms with van der Waals surface area (Å²) in [6, 6.07) is 7.57. The minimum absolute atomic E-state index is 0.0150. The number of carbonyl (C=O) groups is 1. The van der Waals surface area contributed by atoms with E-state index in [4.69, 9.17) is 9.84 Å². The van der Waals surface area contributed by atoms with Crippen LogP contribution in [0.5, 0.6) is 5.75 Å². The fourth-order valence-electron chi connectivity index (χ4n) is 1.51. The maximum atomic E-state index is 10.5. The van der Waals surface area contributed by atoms with Crippen molar-refractivity contribution in [2.45, 2.75) is 5.16 Å². The van der Waals surface area contributed by atoms with Gasteiger partial charge in [0, 0.05) is 5.56 Å². The van der Waals surface area contributed by atoms with Crippen molar-refractivity contribution in [2.24, 2.45) is 0 Å². The number of aliphatic carboxylic acids is 1. The van der Waals surface area contributed by atoms with Gasteiger partial charge in [0.25, 0.3) is 0 Å². The number of ether oxygens (including phenoxy) is 1. The Hall–Kier alpha value is -1.95. The van der Waals surface area contributed by atoms with E-state index in [2.05, 4.69) is 9.97 Å². The van der Waals surface area contributed by atoms with Gasteiger partial charge in [0.2, 0.25) is 0 Å². The topological polar surface area (TPSA) is 75.2 Å². The third-order valence-electron chi connectivity index (χ3n) is 2.28. The zero-order valence-electron chi connectivity index (χ0n) is 9.71. The standard InChI is InChI=1S/C12H12N2O3S/c1-17-10-5-3-2-4-8(10)9-6-13-12(14-9)18-7-11(15)16/h2-6H,7H2,1H3,(H,13,14)(H,15,16). The first-order valence-electron chi connectivity index (χ1n) is 5.23. The molecule has 0 unspecified atom stereocenters. The molecule has 2 rings (SSSR count). The zero-order chi connectivity index (χ0) is 13.0. The lowest BCUT2D eigenvalue weighted by Gasteiger charge is -2.05. The van der Waals surface area contributed by atoms with Crippen molar-refractivity contribution in [1.29, 1.82) is 0 Å². The van der Waals surface area contributed by atoms with Gasteiger partial charge in [-0.3, -0.25) is 4.79 Å². The maximum Gasteiger partial charge on any atom is 0.313 e. The Balaban J connectivity index is 2.21. The van der Waals surface area contributed by atoms with Gasteiger partial charge in [-0.1, -0.05) is 23.9 Å². The molecule has 0 saturated carbocycles. The molecule has 6 heteroatoms. The number of aromatic nitrogens is 2. The highest BCUT2D eigenvalue weighted by Crippen LogP contribution is 2.29. The Morgan fingerprint density at radius 2 is 2.28 bits per heavy atom. The van der Waals surface area contributed by atoms with Crippen molar-refractivity contribution < 1.29 is 14.6 Å². The molecule has 1 aromatic heterocycles. The molecular weight excluding hydrogens is 252 g/mol. The predicted octanol–water partition coefficient (Wildman–Crippen LogP) is 2.26. The lowest BCUT2D eigenvalue weighted by atomic mass is 10.1. The summed E-state index contributed by atoms with van der Waals surface area (Å²) in [5, 5.41) is 9.18. The monoisotopic (exact) mass is 264 g/mol. The lowest BCUT2D eigenvalue weighted by molar-refractivity contribution is -0.133. The van der Waals surface area contributed by atoms with Gasteiger partial charge >= 0.3 is 5.97 Å². The Bertz CT molecular complexity index is 554. The first-order chi connectivity index (χ1) is 8.70. The van der Waals surface area contributed by atoms with Gasteiger partial charge < -0.3 is 14.8 Å². The van der Waals surface area contributed by atoms with Crippen LogP contribution in [0, 0.1) is 0 Å². The highest BCUT2D eigenvalue weighted by Gasteiger charge is 2.09. The zero-order valence-corrected chi connectivity index (χ0v) is 10.5. The van der Waals surface area contributed by atoms with Crippen LogP contribution in [0.4, 0.5) is 0 Å². The van der Waals surface area contributed by atoms with Crippen LogP contribution >= 0.6 is 11.8 Å². The van der Waals surface area contributed by atoms with Gasteiger partial charge in [0.05, 0.1) is 24.8 Å². The highest BCUT2D eigenvalue weighted by molar-refractivity contribution is 7.99. The molecule has 0 aliphatic carbocycles. The van der Waals surface area contributed by atoms with Crippen molar-refractivity contribution in [2.75, 3.05) is 12.9 Å². The normalized spacial score (nSPS) is 10.3. The number of thioether (sulfide) groups is 1. The van der Waals surface area contributed by atoms with Crippen molar-refractivity contribution >= 4 is 17.7 Å². The molecule has 5 nitrogen and oxygen atoms in total. The number of carboxylic acid groups (broad SMARTS) is 1. The summed E-state index contributed by atoms with van der Waals surface area (Å²) < 4.78 is 5.26. The summed E-state index contributed by atoms with van der Waals surface area (Å²) in [5.41, 5.74) is 1.70. The van der Waals surface area contributed by atoms with E-state index in [0.717, 1.165) is 28.8 Å². The highest BCUT2D eigenvalue weighted by atomic mass is 32.2. The summed E-state index contributed by atoms with van der Waals surface area (Å²) in [6.07, 6.45) is 1.67. The number of rotatable bonds is 5. The summed E-state index contributed by atoms with van der Waals surface area (Å²) in [5.74, 6) is -0.134. The van der Waals surface area contributed by atoms with E-state index in [1.807, 2.05) is 24.3 Å². The number of hydrogen-bond acceptors (Lipinski definition) is 4. The van der Waals surface area contributed by atoms with Crippen LogP contribution in [0.25, 0.3) is 11.3 Å². The van der Waals surface area contributed by atoms with Gasteiger partial charge in [0.15, 0.2) is 5.16 Å². The number of carboxylic acids is 1. The smallest absolute Gasteiger partial charge is 0.313 e. The van der Waals surface area contributed by atoms with Crippen LogP contribution in [0.3, 0.4) is 0 Å². The quantitative estimate of drug-likeness (QED) is 0.810. The number of nitrogens with zero attached hydrogens (tertiary/aromatic N) is 1. The molecule has 0 aliphatic rings. The fourth-order valence-corrected chi connectivity index (χ4v) is 2.08. The number of H-pyrrole nitrogens is 1. The summed E-state index contributed by atoms with van der Waals surface area (Å²) in [4.78, 5) is 17.7. The third-order valence-corrected chi connectivity index (χ3v) is 3.15. The first kappa shape index (κ1) is 12.5. The number of benzene rings is 1. The van der Waals surface area contributed by atoms with Gasteiger partial charge in [-0.25, -0.2) is 4.98 Å². The summed E-state index contributed by atoms with van der Waals surface area (Å²) in [6.45, 7) is 0. The number of para-hydroxylation sites is 1. The maximum absolute atomic E-state index is 10.5. The molecular formula is C12H12N2O3S. The molecule has 0 atom stereocenters. The van der Waals surface area contributed by atoms with Gasteiger partial charge in [-0.15, -0.1) is 0 Å². The van der Waals surface area contributed by atoms with Crippen molar-refractivity contribution in [3.05, 3.63) is 30.5 Å². The fraction of sp³-hybridized carbons (Fsp3) is 0.167. The average molecular weight is 264 g/mol. The molecule has 1 aromatic carbocycles. The number of hydrogen-bond donors (Lipinski definition) is 2. The minimum atomic E-state index is -0.866.